The fraction of sp³-hybridized carbons (Fsp3) is 0.680. The van der Waals surface area contributed by atoms with Gasteiger partial charge in [0.05, 0.1) is 19.8 Å². The first-order valence-electron chi connectivity index (χ1n) is 11.9. The Kier molecular flexibility index (Phi) is 6.44. The van der Waals surface area contributed by atoms with E-state index in [1.165, 1.54) is 38.5 Å². The van der Waals surface area contributed by atoms with Gasteiger partial charge in [-0.3, -0.25) is 4.79 Å². The molecule has 0 aliphatic heterocycles. The molecule has 4 aliphatic rings. The number of ether oxygens (including phenoxy) is 3. The Labute approximate surface area is 185 Å². The Bertz CT molecular complexity index is 786. The number of rotatable bonds is 9. The molecule has 6 nitrogen and oxygen atoms in total. The molecule has 0 aromatic heterocycles. The molecule has 1 aromatic rings. The van der Waals surface area contributed by atoms with Crippen LogP contribution in [0.4, 0.5) is 0 Å². The molecular formula is C25H36N2O4. The molecule has 0 atom stereocenters. The maximum atomic E-state index is 13.0. The predicted octanol–water partition coefficient (Wildman–Crippen LogP) is 5.20. The maximum Gasteiger partial charge on any atom is 0.271 e. The van der Waals surface area contributed by atoms with E-state index in [4.69, 9.17) is 14.2 Å². The first-order chi connectivity index (χ1) is 15.0. The van der Waals surface area contributed by atoms with E-state index < -0.39 is 0 Å². The molecule has 4 bridgehead atoms. The van der Waals surface area contributed by atoms with Crippen LogP contribution < -0.4 is 19.6 Å². The molecule has 1 amide bonds. The molecule has 4 fully saturated rings. The standard InChI is InChI=1S/C25H36N2O4/c1-5-29-21-11-20(12-22(30-6-2)23(21)31-7-3)24(28)27-26-16(4)25-13-17-8-18(14-25)10-19(9-17)15-25/h11-12,17-19H,5-10,13-15H2,1-4H3,(H,27,28)/b26-16-. The van der Waals surface area contributed by atoms with Crippen LogP contribution >= 0.6 is 0 Å². The van der Waals surface area contributed by atoms with Crippen molar-refractivity contribution in [2.24, 2.45) is 28.3 Å². The second-order valence-corrected chi connectivity index (χ2v) is 9.44. The summed E-state index contributed by atoms with van der Waals surface area (Å²) < 4.78 is 17.2. The molecular weight excluding hydrogens is 392 g/mol. The molecule has 4 aliphatic carbocycles. The second-order valence-electron chi connectivity index (χ2n) is 9.44. The van der Waals surface area contributed by atoms with Crippen LogP contribution in [0.2, 0.25) is 0 Å². The summed E-state index contributed by atoms with van der Waals surface area (Å²) in [5.41, 5.74) is 4.54. The van der Waals surface area contributed by atoms with Gasteiger partial charge < -0.3 is 14.2 Å². The number of carbonyl (C=O) groups is 1. The normalized spacial score (nSPS) is 29.0. The molecule has 170 valence electrons. The third-order valence-electron chi connectivity index (χ3n) is 7.30. The average Bonchev–Trinajstić information content (AvgIpc) is 2.73. The largest absolute Gasteiger partial charge is 0.490 e. The van der Waals surface area contributed by atoms with Crippen molar-refractivity contribution in [3.8, 4) is 17.2 Å². The molecule has 6 heteroatoms. The summed E-state index contributed by atoms with van der Waals surface area (Å²) in [6.45, 7) is 9.25. The van der Waals surface area contributed by atoms with E-state index in [9.17, 15) is 4.79 Å². The van der Waals surface area contributed by atoms with E-state index in [1.807, 2.05) is 20.8 Å². The molecule has 1 N–H and O–H groups in total. The van der Waals surface area contributed by atoms with Crippen LogP contribution in [-0.4, -0.2) is 31.4 Å². The van der Waals surface area contributed by atoms with Crippen molar-refractivity contribution in [1.82, 2.24) is 5.43 Å². The number of hydrogen-bond donors (Lipinski definition) is 1. The Morgan fingerprint density at radius 2 is 1.42 bits per heavy atom. The highest BCUT2D eigenvalue weighted by molar-refractivity contribution is 5.97. The molecule has 4 saturated carbocycles. The van der Waals surface area contributed by atoms with Gasteiger partial charge in [-0.05, 0) is 96.1 Å². The second kappa shape index (κ2) is 9.09. The smallest absolute Gasteiger partial charge is 0.271 e. The molecule has 0 spiro atoms. The molecule has 0 radical (unpaired) electrons. The number of hydrogen-bond acceptors (Lipinski definition) is 5. The van der Waals surface area contributed by atoms with Crippen LogP contribution in [0, 0.1) is 23.2 Å². The van der Waals surface area contributed by atoms with Crippen molar-refractivity contribution < 1.29 is 19.0 Å². The van der Waals surface area contributed by atoms with Crippen molar-refractivity contribution in [2.45, 2.75) is 66.2 Å². The predicted molar refractivity (Wildman–Crippen MR) is 121 cm³/mol. The highest BCUT2D eigenvalue weighted by Crippen LogP contribution is 2.60. The van der Waals surface area contributed by atoms with Gasteiger partial charge in [0.15, 0.2) is 11.5 Å². The SMILES string of the molecule is CCOc1cc(C(=O)N/N=C(/C)C23CC4CC(CC(C4)C2)C3)cc(OCC)c1OCC. The van der Waals surface area contributed by atoms with Gasteiger partial charge in [-0.25, -0.2) is 5.43 Å². The third kappa shape index (κ3) is 4.39. The topological polar surface area (TPSA) is 69.2 Å². The van der Waals surface area contributed by atoms with Crippen molar-refractivity contribution in [3.05, 3.63) is 17.7 Å². The van der Waals surface area contributed by atoms with Crippen molar-refractivity contribution in [3.63, 3.8) is 0 Å². The number of nitrogens with one attached hydrogen (secondary N) is 1. The third-order valence-corrected chi connectivity index (χ3v) is 7.30. The summed E-state index contributed by atoms with van der Waals surface area (Å²) in [5, 5.41) is 4.60. The van der Waals surface area contributed by atoms with Gasteiger partial charge in [-0.2, -0.15) is 5.10 Å². The van der Waals surface area contributed by atoms with Gasteiger partial charge in [0.2, 0.25) is 5.75 Å². The van der Waals surface area contributed by atoms with Crippen LogP contribution in [0.3, 0.4) is 0 Å². The molecule has 31 heavy (non-hydrogen) atoms. The Morgan fingerprint density at radius 1 is 0.935 bits per heavy atom. The highest BCUT2D eigenvalue weighted by Gasteiger charge is 2.52. The molecule has 5 rings (SSSR count). The van der Waals surface area contributed by atoms with Gasteiger partial charge in [-0.1, -0.05) is 0 Å². The Balaban J connectivity index is 1.54. The first kappa shape index (κ1) is 22.0. The summed E-state index contributed by atoms with van der Waals surface area (Å²) in [4.78, 5) is 13.0. The lowest BCUT2D eigenvalue weighted by Gasteiger charge is -2.56. The van der Waals surface area contributed by atoms with Gasteiger partial charge in [0, 0.05) is 16.7 Å². The van der Waals surface area contributed by atoms with Gasteiger partial charge in [-0.15, -0.1) is 0 Å². The lowest BCUT2D eigenvalue weighted by Crippen LogP contribution is -2.49. The average molecular weight is 429 g/mol. The van der Waals surface area contributed by atoms with Crippen LogP contribution in [-0.2, 0) is 0 Å². The van der Waals surface area contributed by atoms with Crippen LogP contribution in [0.1, 0.15) is 76.6 Å². The van der Waals surface area contributed by atoms with Crippen LogP contribution in [0.15, 0.2) is 17.2 Å². The number of carbonyl (C=O) groups excluding carboxylic acids is 1. The van der Waals surface area contributed by atoms with Crippen molar-refractivity contribution in [1.29, 1.82) is 0 Å². The minimum absolute atomic E-state index is 0.188. The Hall–Kier alpha value is -2.24. The fourth-order valence-electron chi connectivity index (χ4n) is 6.39. The zero-order valence-corrected chi connectivity index (χ0v) is 19.3. The zero-order chi connectivity index (χ0) is 22.0. The fourth-order valence-corrected chi connectivity index (χ4v) is 6.39. The van der Waals surface area contributed by atoms with Crippen molar-refractivity contribution >= 4 is 11.6 Å². The van der Waals surface area contributed by atoms with Crippen molar-refractivity contribution in [2.75, 3.05) is 19.8 Å². The number of nitrogens with zero attached hydrogens (tertiary/aromatic N) is 1. The zero-order valence-electron chi connectivity index (χ0n) is 19.3. The summed E-state index contributed by atoms with van der Waals surface area (Å²) in [6.07, 6.45) is 7.88. The number of amides is 1. The molecule has 0 heterocycles. The van der Waals surface area contributed by atoms with Crippen LogP contribution in [0.5, 0.6) is 17.2 Å². The molecule has 0 saturated heterocycles. The van der Waals surface area contributed by atoms with Crippen LogP contribution in [0.25, 0.3) is 0 Å². The van der Waals surface area contributed by atoms with E-state index in [-0.39, 0.29) is 11.3 Å². The van der Waals surface area contributed by atoms with E-state index in [0.717, 1.165) is 23.5 Å². The number of hydrazone groups is 1. The van der Waals surface area contributed by atoms with Gasteiger partial charge in [0.25, 0.3) is 5.91 Å². The lowest BCUT2D eigenvalue weighted by molar-refractivity contribution is -0.0128. The van der Waals surface area contributed by atoms with E-state index in [2.05, 4.69) is 17.5 Å². The minimum atomic E-state index is -0.256. The monoisotopic (exact) mass is 428 g/mol. The summed E-state index contributed by atoms with van der Waals surface area (Å²) in [7, 11) is 0. The summed E-state index contributed by atoms with van der Waals surface area (Å²) in [6, 6.07) is 3.42. The summed E-state index contributed by atoms with van der Waals surface area (Å²) >= 11 is 0. The number of benzene rings is 1. The van der Waals surface area contributed by atoms with E-state index >= 15 is 0 Å². The lowest BCUT2D eigenvalue weighted by atomic mass is 9.48. The minimum Gasteiger partial charge on any atom is -0.490 e. The Morgan fingerprint density at radius 3 is 1.87 bits per heavy atom. The van der Waals surface area contributed by atoms with E-state index in [1.54, 1.807) is 12.1 Å². The quantitative estimate of drug-likeness (QED) is 0.433. The van der Waals surface area contributed by atoms with Gasteiger partial charge in [0.1, 0.15) is 0 Å². The molecule has 1 aromatic carbocycles. The first-order valence-corrected chi connectivity index (χ1v) is 11.9. The summed E-state index contributed by atoms with van der Waals surface area (Å²) in [5.74, 6) is 3.86. The van der Waals surface area contributed by atoms with E-state index in [0.29, 0.717) is 42.6 Å². The highest BCUT2D eigenvalue weighted by atomic mass is 16.5. The molecule has 0 unspecified atom stereocenters. The van der Waals surface area contributed by atoms with Gasteiger partial charge >= 0.3 is 0 Å². The maximum absolute atomic E-state index is 13.0.